The molecule has 5 aromatic carbocycles. The zero-order valence-corrected chi connectivity index (χ0v) is 21.4. The van der Waals surface area contributed by atoms with E-state index < -0.39 is 0 Å². The summed E-state index contributed by atoms with van der Waals surface area (Å²) in [6.07, 6.45) is 1.89. The number of nitrogens with one attached hydrogen (secondary N) is 1. The van der Waals surface area contributed by atoms with Crippen LogP contribution in [-0.2, 0) is 7.05 Å². The van der Waals surface area contributed by atoms with Crippen molar-refractivity contribution >= 4 is 43.6 Å². The molecule has 0 radical (unpaired) electrons. The zero-order chi connectivity index (χ0) is 25.9. The van der Waals surface area contributed by atoms with E-state index in [0.29, 0.717) is 0 Å². The predicted molar refractivity (Wildman–Crippen MR) is 162 cm³/mol. The molecular formula is C35H24N4. The van der Waals surface area contributed by atoms with E-state index in [2.05, 4.69) is 132 Å². The third-order valence-corrected chi connectivity index (χ3v) is 7.81. The van der Waals surface area contributed by atoms with E-state index in [0.717, 1.165) is 61.2 Å². The first-order chi connectivity index (χ1) is 19.3. The number of hydrogen-bond donors (Lipinski definition) is 1. The van der Waals surface area contributed by atoms with Crippen LogP contribution >= 0.6 is 0 Å². The maximum atomic E-state index is 5.26. The van der Waals surface area contributed by atoms with Gasteiger partial charge in [-0.2, -0.15) is 0 Å². The summed E-state index contributed by atoms with van der Waals surface area (Å²) in [4.78, 5) is 13.7. The van der Waals surface area contributed by atoms with Gasteiger partial charge in [-0.1, -0.05) is 84.9 Å². The monoisotopic (exact) mass is 500 g/mol. The number of imidazole rings is 1. The van der Waals surface area contributed by atoms with Gasteiger partial charge in [0.15, 0.2) is 0 Å². The van der Waals surface area contributed by atoms with E-state index in [4.69, 9.17) is 9.97 Å². The highest BCUT2D eigenvalue weighted by Gasteiger charge is 2.18. The minimum absolute atomic E-state index is 0.946. The zero-order valence-electron chi connectivity index (χ0n) is 21.4. The first-order valence-electron chi connectivity index (χ1n) is 13.2. The summed E-state index contributed by atoms with van der Waals surface area (Å²) in [5, 5.41) is 4.79. The molecule has 3 aromatic heterocycles. The van der Waals surface area contributed by atoms with Crippen molar-refractivity contribution in [1.29, 1.82) is 0 Å². The Morgan fingerprint density at radius 3 is 2.33 bits per heavy atom. The number of para-hydroxylation sites is 3. The van der Waals surface area contributed by atoms with Crippen LogP contribution in [0.1, 0.15) is 0 Å². The van der Waals surface area contributed by atoms with Gasteiger partial charge >= 0.3 is 0 Å². The Hall–Kier alpha value is -5.22. The lowest BCUT2D eigenvalue weighted by atomic mass is 9.98. The second-order valence-corrected chi connectivity index (χ2v) is 10.0. The average Bonchev–Trinajstić information content (AvgIpc) is 3.54. The number of fused-ring (bicyclic) bond motifs is 5. The molecule has 0 aliphatic heterocycles. The van der Waals surface area contributed by atoms with Gasteiger partial charge in [0.2, 0.25) is 0 Å². The number of aromatic nitrogens is 4. The SMILES string of the molecule is Cn1c(-c2cccc3c2[nH]c2ccccc23)nc2c(-c3cccc(-c4nccc5ccccc45)c3)cccc21. The van der Waals surface area contributed by atoms with Crippen LogP contribution in [0.4, 0.5) is 0 Å². The lowest BCUT2D eigenvalue weighted by Gasteiger charge is -2.09. The molecule has 0 bridgehead atoms. The van der Waals surface area contributed by atoms with Crippen molar-refractivity contribution in [2.75, 3.05) is 0 Å². The van der Waals surface area contributed by atoms with Crippen molar-refractivity contribution in [2.24, 2.45) is 7.05 Å². The number of H-pyrrole nitrogens is 1. The molecule has 4 heteroatoms. The highest BCUT2D eigenvalue weighted by Crippen LogP contribution is 2.37. The van der Waals surface area contributed by atoms with Crippen LogP contribution < -0.4 is 0 Å². The molecule has 0 unspecified atom stereocenters. The van der Waals surface area contributed by atoms with Gasteiger partial charge in [0.05, 0.1) is 22.2 Å². The van der Waals surface area contributed by atoms with Crippen molar-refractivity contribution in [1.82, 2.24) is 19.5 Å². The minimum Gasteiger partial charge on any atom is -0.354 e. The van der Waals surface area contributed by atoms with E-state index in [9.17, 15) is 0 Å². The van der Waals surface area contributed by atoms with Crippen LogP contribution in [0.25, 0.3) is 77.4 Å². The predicted octanol–water partition coefficient (Wildman–Crippen LogP) is 8.76. The molecule has 0 spiro atoms. The molecule has 0 atom stereocenters. The third-order valence-electron chi connectivity index (χ3n) is 7.81. The van der Waals surface area contributed by atoms with Gasteiger partial charge in [-0.25, -0.2) is 4.98 Å². The van der Waals surface area contributed by atoms with Crippen molar-refractivity contribution in [3.8, 4) is 33.8 Å². The maximum Gasteiger partial charge on any atom is 0.143 e. The Bertz CT molecular complexity index is 2190. The van der Waals surface area contributed by atoms with E-state index >= 15 is 0 Å². The summed E-state index contributed by atoms with van der Waals surface area (Å²) in [7, 11) is 2.10. The molecule has 0 saturated heterocycles. The fourth-order valence-electron chi connectivity index (χ4n) is 5.93. The lowest BCUT2D eigenvalue weighted by molar-refractivity contribution is 0.960. The van der Waals surface area contributed by atoms with E-state index in [1.165, 1.54) is 16.2 Å². The Morgan fingerprint density at radius 2 is 1.38 bits per heavy atom. The number of hydrogen-bond acceptors (Lipinski definition) is 2. The van der Waals surface area contributed by atoms with Crippen molar-refractivity contribution in [2.45, 2.75) is 0 Å². The number of aryl methyl sites for hydroxylation is 1. The van der Waals surface area contributed by atoms with Gasteiger partial charge in [0, 0.05) is 51.6 Å². The van der Waals surface area contributed by atoms with Crippen LogP contribution in [0.15, 0.2) is 121 Å². The molecule has 0 aliphatic rings. The number of rotatable bonds is 3. The Morgan fingerprint density at radius 1 is 0.641 bits per heavy atom. The summed E-state index contributed by atoms with van der Waals surface area (Å²) in [5.74, 6) is 0.946. The standard InChI is InChI=1S/C35H24N4/c1-39-31-18-8-14-26(23-10-6-11-24(21-23)32-25-12-3-2-9-22(25)19-20-36-32)34(31)38-35(39)29-16-7-15-28-27-13-4-5-17-30(27)37-33(28)29/h2-21,37H,1H3. The molecule has 0 saturated carbocycles. The number of pyridine rings is 1. The van der Waals surface area contributed by atoms with Gasteiger partial charge in [0.1, 0.15) is 5.82 Å². The van der Waals surface area contributed by atoms with Gasteiger partial charge < -0.3 is 9.55 Å². The molecule has 184 valence electrons. The molecule has 0 amide bonds. The first kappa shape index (κ1) is 21.8. The van der Waals surface area contributed by atoms with E-state index in [1.807, 2.05) is 6.20 Å². The largest absolute Gasteiger partial charge is 0.354 e. The molecule has 39 heavy (non-hydrogen) atoms. The van der Waals surface area contributed by atoms with Gasteiger partial charge in [-0.15, -0.1) is 0 Å². The minimum atomic E-state index is 0.946. The molecule has 0 fully saturated rings. The van der Waals surface area contributed by atoms with E-state index in [1.54, 1.807) is 0 Å². The smallest absolute Gasteiger partial charge is 0.143 e. The average molecular weight is 501 g/mol. The molecular weight excluding hydrogens is 476 g/mol. The summed E-state index contributed by atoms with van der Waals surface area (Å²) in [6, 6.07) is 40.5. The highest BCUT2D eigenvalue weighted by atomic mass is 15.1. The second-order valence-electron chi connectivity index (χ2n) is 10.0. The third kappa shape index (κ3) is 3.32. The Kier molecular flexibility index (Phi) is 4.70. The quantitative estimate of drug-likeness (QED) is 0.264. The lowest BCUT2D eigenvalue weighted by Crippen LogP contribution is -1.93. The highest BCUT2D eigenvalue weighted by molar-refractivity contribution is 6.12. The topological polar surface area (TPSA) is 46.5 Å². The van der Waals surface area contributed by atoms with Crippen molar-refractivity contribution in [3.05, 3.63) is 121 Å². The normalized spacial score (nSPS) is 11.7. The molecule has 0 aliphatic carbocycles. The number of aromatic amines is 1. The molecule has 4 nitrogen and oxygen atoms in total. The van der Waals surface area contributed by atoms with Crippen LogP contribution in [0, 0.1) is 0 Å². The summed E-state index contributed by atoms with van der Waals surface area (Å²) in [6.45, 7) is 0. The van der Waals surface area contributed by atoms with Gasteiger partial charge in [-0.3, -0.25) is 4.98 Å². The van der Waals surface area contributed by atoms with Crippen LogP contribution in [0.2, 0.25) is 0 Å². The number of nitrogens with zero attached hydrogens (tertiary/aromatic N) is 3. The molecule has 1 N–H and O–H groups in total. The van der Waals surface area contributed by atoms with Crippen LogP contribution in [0.5, 0.6) is 0 Å². The summed E-state index contributed by atoms with van der Waals surface area (Å²) >= 11 is 0. The van der Waals surface area contributed by atoms with Crippen molar-refractivity contribution < 1.29 is 0 Å². The summed E-state index contributed by atoms with van der Waals surface area (Å²) < 4.78 is 2.20. The maximum absolute atomic E-state index is 5.26. The molecule has 8 aromatic rings. The fourth-order valence-corrected chi connectivity index (χ4v) is 5.93. The van der Waals surface area contributed by atoms with Crippen molar-refractivity contribution in [3.63, 3.8) is 0 Å². The summed E-state index contributed by atoms with van der Waals surface area (Å²) in [5.41, 5.74) is 9.77. The molecule has 8 rings (SSSR count). The van der Waals surface area contributed by atoms with Gasteiger partial charge in [0.25, 0.3) is 0 Å². The molecule has 3 heterocycles. The Balaban J connectivity index is 1.32. The van der Waals surface area contributed by atoms with Crippen LogP contribution in [-0.4, -0.2) is 19.5 Å². The van der Waals surface area contributed by atoms with Gasteiger partial charge in [-0.05, 0) is 41.3 Å². The fraction of sp³-hybridized carbons (Fsp3) is 0.0286. The van der Waals surface area contributed by atoms with Crippen LogP contribution in [0.3, 0.4) is 0 Å². The number of benzene rings is 5. The van der Waals surface area contributed by atoms with E-state index in [-0.39, 0.29) is 0 Å². The second kappa shape index (κ2) is 8.40. The Labute approximate surface area is 225 Å². The first-order valence-corrected chi connectivity index (χ1v) is 13.2.